The van der Waals surface area contributed by atoms with Gasteiger partial charge in [0.15, 0.2) is 0 Å². The summed E-state index contributed by atoms with van der Waals surface area (Å²) in [7, 11) is 2.13. The predicted octanol–water partition coefficient (Wildman–Crippen LogP) is 4.28. The maximum atomic E-state index is 6.04. The maximum Gasteiger partial charge on any atom is 0.121 e. The lowest BCUT2D eigenvalue weighted by atomic mass is 10.1. The largest absolute Gasteiger partial charge is 0.493 e. The molecule has 2 aliphatic heterocycles. The van der Waals surface area contributed by atoms with Gasteiger partial charge >= 0.3 is 0 Å². The van der Waals surface area contributed by atoms with E-state index < -0.39 is 0 Å². The van der Waals surface area contributed by atoms with Crippen molar-refractivity contribution in [1.29, 1.82) is 0 Å². The Hall–Kier alpha value is -2.24. The summed E-state index contributed by atoms with van der Waals surface area (Å²) in [5, 5.41) is 2.54. The first-order chi connectivity index (χ1) is 14.8. The SMILES string of the molecule is Cn1c2cc(OCCCN3CCC3)ccc2c2ccc(OCCCN3CCC3)cc21. The fourth-order valence-corrected chi connectivity index (χ4v) is 4.51. The first kappa shape index (κ1) is 19.7. The van der Waals surface area contributed by atoms with Gasteiger partial charge in [0.1, 0.15) is 11.5 Å². The minimum absolute atomic E-state index is 0.779. The zero-order valence-corrected chi connectivity index (χ0v) is 18.1. The normalized spacial score (nSPS) is 17.2. The van der Waals surface area contributed by atoms with Gasteiger partial charge in [-0.1, -0.05) is 0 Å². The quantitative estimate of drug-likeness (QED) is 0.469. The molecule has 3 aromatic rings. The van der Waals surface area contributed by atoms with Crippen LogP contribution in [0, 0.1) is 0 Å². The van der Waals surface area contributed by atoms with E-state index in [1.165, 1.54) is 60.8 Å². The number of benzene rings is 2. The highest BCUT2D eigenvalue weighted by molar-refractivity contribution is 6.08. The van der Waals surface area contributed by atoms with Crippen LogP contribution in [0.3, 0.4) is 0 Å². The number of rotatable bonds is 10. The monoisotopic (exact) mass is 407 g/mol. The number of hydrogen-bond donors (Lipinski definition) is 0. The molecule has 0 amide bonds. The summed E-state index contributed by atoms with van der Waals surface area (Å²) < 4.78 is 14.3. The number of aromatic nitrogens is 1. The average Bonchev–Trinajstić information content (AvgIpc) is 2.96. The maximum absolute atomic E-state index is 6.04. The van der Waals surface area contributed by atoms with Crippen molar-refractivity contribution in [3.8, 4) is 11.5 Å². The minimum Gasteiger partial charge on any atom is -0.493 e. The highest BCUT2D eigenvalue weighted by Crippen LogP contribution is 2.33. The summed E-state index contributed by atoms with van der Waals surface area (Å²) in [5.41, 5.74) is 2.42. The number of aryl methyl sites for hydroxylation is 1. The molecule has 2 saturated heterocycles. The van der Waals surface area contributed by atoms with Gasteiger partial charge < -0.3 is 23.8 Å². The molecule has 0 bridgehead atoms. The Kier molecular flexibility index (Phi) is 5.82. The van der Waals surface area contributed by atoms with Crippen LogP contribution in [0.4, 0.5) is 0 Å². The van der Waals surface area contributed by atoms with Gasteiger partial charge in [-0.3, -0.25) is 0 Å². The zero-order chi connectivity index (χ0) is 20.3. The zero-order valence-electron chi connectivity index (χ0n) is 18.1. The van der Waals surface area contributed by atoms with Crippen molar-refractivity contribution in [3.63, 3.8) is 0 Å². The summed E-state index contributed by atoms with van der Waals surface area (Å²) >= 11 is 0. The average molecular weight is 408 g/mol. The topological polar surface area (TPSA) is 29.9 Å². The Morgan fingerprint density at radius 2 is 1.17 bits per heavy atom. The van der Waals surface area contributed by atoms with Gasteiger partial charge in [-0.2, -0.15) is 0 Å². The number of hydrogen-bond acceptors (Lipinski definition) is 4. The van der Waals surface area contributed by atoms with Crippen LogP contribution in [0.25, 0.3) is 21.8 Å². The lowest BCUT2D eigenvalue weighted by Gasteiger charge is -2.30. The van der Waals surface area contributed by atoms with E-state index in [1.807, 2.05) is 0 Å². The van der Waals surface area contributed by atoms with Crippen LogP contribution in [0.15, 0.2) is 36.4 Å². The van der Waals surface area contributed by atoms with E-state index in [-0.39, 0.29) is 0 Å². The van der Waals surface area contributed by atoms with Gasteiger partial charge in [0, 0.05) is 43.0 Å². The van der Waals surface area contributed by atoms with Gasteiger partial charge in [-0.25, -0.2) is 0 Å². The molecule has 2 aliphatic rings. The molecule has 3 heterocycles. The number of likely N-dealkylation sites (tertiary alicyclic amines) is 2. The van der Waals surface area contributed by atoms with E-state index in [1.54, 1.807) is 0 Å². The molecule has 0 saturated carbocycles. The molecule has 2 fully saturated rings. The molecule has 1 aromatic heterocycles. The molecule has 160 valence electrons. The molecule has 0 atom stereocenters. The van der Waals surface area contributed by atoms with Crippen LogP contribution >= 0.6 is 0 Å². The lowest BCUT2D eigenvalue weighted by Crippen LogP contribution is -2.38. The van der Waals surface area contributed by atoms with Crippen molar-refractivity contribution in [1.82, 2.24) is 14.4 Å². The van der Waals surface area contributed by atoms with E-state index in [0.717, 1.165) is 50.6 Å². The van der Waals surface area contributed by atoms with Crippen LogP contribution in [-0.2, 0) is 7.05 Å². The van der Waals surface area contributed by atoms with E-state index in [2.05, 4.69) is 57.8 Å². The number of ether oxygens (including phenoxy) is 2. The third-order valence-electron chi connectivity index (χ3n) is 6.62. The molecule has 0 aliphatic carbocycles. The lowest BCUT2D eigenvalue weighted by molar-refractivity contribution is 0.165. The highest BCUT2D eigenvalue weighted by Gasteiger charge is 2.14. The van der Waals surface area contributed by atoms with E-state index in [0.29, 0.717) is 0 Å². The molecule has 30 heavy (non-hydrogen) atoms. The number of fused-ring (bicyclic) bond motifs is 3. The van der Waals surface area contributed by atoms with Crippen LogP contribution in [-0.4, -0.2) is 66.8 Å². The summed E-state index contributed by atoms with van der Waals surface area (Å²) in [6.45, 7) is 8.88. The fraction of sp³-hybridized carbons (Fsp3) is 0.520. The van der Waals surface area contributed by atoms with Gasteiger partial charge in [0.05, 0.1) is 24.2 Å². The Labute approximate surface area is 179 Å². The Balaban J connectivity index is 1.23. The van der Waals surface area contributed by atoms with E-state index in [9.17, 15) is 0 Å². The predicted molar refractivity (Wildman–Crippen MR) is 123 cm³/mol. The van der Waals surface area contributed by atoms with Crippen molar-refractivity contribution < 1.29 is 9.47 Å². The third kappa shape index (κ3) is 4.14. The second-order valence-electron chi connectivity index (χ2n) is 8.71. The molecule has 2 aromatic carbocycles. The van der Waals surface area contributed by atoms with Gasteiger partial charge in [-0.05, 0) is 76.1 Å². The van der Waals surface area contributed by atoms with E-state index >= 15 is 0 Å². The Bertz CT molecular complexity index is 925. The van der Waals surface area contributed by atoms with Gasteiger partial charge in [0.25, 0.3) is 0 Å². The van der Waals surface area contributed by atoms with Crippen molar-refractivity contribution in [2.75, 3.05) is 52.5 Å². The molecule has 5 heteroatoms. The first-order valence-electron chi connectivity index (χ1n) is 11.5. The van der Waals surface area contributed by atoms with Crippen molar-refractivity contribution in [2.24, 2.45) is 7.05 Å². The fourth-order valence-electron chi connectivity index (χ4n) is 4.51. The molecule has 5 nitrogen and oxygen atoms in total. The second-order valence-corrected chi connectivity index (χ2v) is 8.71. The summed E-state index contributed by atoms with van der Waals surface area (Å²) in [6.07, 6.45) is 4.88. The minimum atomic E-state index is 0.779. The van der Waals surface area contributed by atoms with E-state index in [4.69, 9.17) is 9.47 Å². The first-order valence-corrected chi connectivity index (χ1v) is 11.5. The Morgan fingerprint density at radius 3 is 1.57 bits per heavy atom. The molecule has 5 rings (SSSR count). The smallest absolute Gasteiger partial charge is 0.121 e. The van der Waals surface area contributed by atoms with Crippen molar-refractivity contribution >= 4 is 21.8 Å². The summed E-state index contributed by atoms with van der Waals surface area (Å²) in [6, 6.07) is 12.9. The molecule has 0 spiro atoms. The van der Waals surface area contributed by atoms with Crippen molar-refractivity contribution in [3.05, 3.63) is 36.4 Å². The summed E-state index contributed by atoms with van der Waals surface area (Å²) in [5.74, 6) is 1.92. The van der Waals surface area contributed by atoms with Crippen LogP contribution in [0.5, 0.6) is 11.5 Å². The van der Waals surface area contributed by atoms with Crippen LogP contribution in [0.1, 0.15) is 25.7 Å². The van der Waals surface area contributed by atoms with Crippen LogP contribution < -0.4 is 9.47 Å². The highest BCUT2D eigenvalue weighted by atomic mass is 16.5. The molecule has 0 unspecified atom stereocenters. The Morgan fingerprint density at radius 1 is 0.700 bits per heavy atom. The third-order valence-corrected chi connectivity index (χ3v) is 6.62. The number of nitrogens with zero attached hydrogens (tertiary/aromatic N) is 3. The molecule has 0 N–H and O–H groups in total. The summed E-state index contributed by atoms with van der Waals surface area (Å²) in [4.78, 5) is 4.97. The second kappa shape index (κ2) is 8.86. The standard InChI is InChI=1S/C25H33N3O2/c1-26-24-18-20(29-16-4-14-27-10-2-11-27)6-8-22(24)23-9-7-21(19-25(23)26)30-17-5-15-28-12-3-13-28/h6-9,18-19H,2-5,10-17H2,1H3. The van der Waals surface area contributed by atoms with Gasteiger partial charge in [-0.15, -0.1) is 0 Å². The molecular weight excluding hydrogens is 374 g/mol. The van der Waals surface area contributed by atoms with Crippen LogP contribution in [0.2, 0.25) is 0 Å². The molecule has 0 radical (unpaired) electrons. The van der Waals surface area contributed by atoms with Crippen molar-refractivity contribution in [2.45, 2.75) is 25.7 Å². The molecular formula is C25H33N3O2. The van der Waals surface area contributed by atoms with Gasteiger partial charge in [0.2, 0.25) is 0 Å².